The highest BCUT2D eigenvalue weighted by Crippen LogP contribution is 2.19. The zero-order valence-corrected chi connectivity index (χ0v) is 13.9. The molecule has 2 N–H and O–H groups in total. The molecule has 2 amide bonds. The zero-order valence-electron chi connectivity index (χ0n) is 13.1. The molecule has 4 nitrogen and oxygen atoms in total. The van der Waals surface area contributed by atoms with E-state index < -0.39 is 0 Å². The third-order valence-corrected chi connectivity index (χ3v) is 4.96. The minimum atomic E-state index is -0.0280. The lowest BCUT2D eigenvalue weighted by Crippen LogP contribution is -2.45. The first-order chi connectivity index (χ1) is 10.2. The number of thiophene rings is 1. The fourth-order valence-corrected chi connectivity index (χ4v) is 3.44. The smallest absolute Gasteiger partial charge is 0.315 e. The number of nitrogens with zero attached hydrogens (tertiary/aromatic N) is 1. The number of hydrogen-bond donors (Lipinski definition) is 2. The fraction of sp³-hybridized carbons (Fsp3) is 0.688. The van der Waals surface area contributed by atoms with E-state index in [1.807, 2.05) is 18.3 Å². The van der Waals surface area contributed by atoms with Crippen molar-refractivity contribution in [1.82, 2.24) is 15.5 Å². The molecule has 1 aromatic rings. The van der Waals surface area contributed by atoms with Gasteiger partial charge in [-0.15, -0.1) is 11.3 Å². The van der Waals surface area contributed by atoms with Gasteiger partial charge in [0, 0.05) is 30.6 Å². The highest BCUT2D eigenvalue weighted by molar-refractivity contribution is 7.09. The van der Waals surface area contributed by atoms with E-state index in [2.05, 4.69) is 40.0 Å². The molecule has 1 aliphatic rings. The Morgan fingerprint density at radius 3 is 3.14 bits per heavy atom. The maximum atomic E-state index is 11.8. The fourth-order valence-electron chi connectivity index (χ4n) is 2.70. The van der Waals surface area contributed by atoms with Crippen molar-refractivity contribution < 1.29 is 4.79 Å². The van der Waals surface area contributed by atoms with Crippen molar-refractivity contribution in [2.24, 2.45) is 5.92 Å². The van der Waals surface area contributed by atoms with Gasteiger partial charge in [-0.05, 0) is 50.1 Å². The molecule has 0 radical (unpaired) electrons. The van der Waals surface area contributed by atoms with Gasteiger partial charge >= 0.3 is 6.03 Å². The first-order valence-electron chi connectivity index (χ1n) is 7.96. The molecule has 118 valence electrons. The van der Waals surface area contributed by atoms with Gasteiger partial charge in [0.2, 0.25) is 0 Å². The largest absolute Gasteiger partial charge is 0.338 e. The summed E-state index contributed by atoms with van der Waals surface area (Å²) < 4.78 is 0. The summed E-state index contributed by atoms with van der Waals surface area (Å²) in [4.78, 5) is 15.7. The predicted octanol–water partition coefficient (Wildman–Crippen LogP) is 3.06. The number of amides is 2. The summed E-state index contributed by atoms with van der Waals surface area (Å²) in [5.41, 5.74) is 0. The first-order valence-corrected chi connectivity index (χ1v) is 8.84. The second kappa shape index (κ2) is 8.39. The Balaban J connectivity index is 1.70. The normalized spacial score (nSPS) is 21.0. The van der Waals surface area contributed by atoms with Crippen LogP contribution in [0.3, 0.4) is 0 Å². The number of nitrogens with one attached hydrogen (secondary N) is 2. The minimum absolute atomic E-state index is 0.0280. The Kier molecular flexibility index (Phi) is 6.51. The van der Waals surface area contributed by atoms with Gasteiger partial charge in [-0.3, -0.25) is 4.90 Å². The molecule has 5 heteroatoms. The summed E-state index contributed by atoms with van der Waals surface area (Å²) in [6.45, 7) is 8.20. The van der Waals surface area contributed by atoms with Gasteiger partial charge in [-0.25, -0.2) is 4.79 Å². The van der Waals surface area contributed by atoms with E-state index in [0.717, 1.165) is 26.1 Å². The van der Waals surface area contributed by atoms with E-state index in [0.29, 0.717) is 5.92 Å². The average molecular weight is 309 g/mol. The molecule has 0 saturated carbocycles. The summed E-state index contributed by atoms with van der Waals surface area (Å²) in [5.74, 6) is 0.571. The van der Waals surface area contributed by atoms with Gasteiger partial charge < -0.3 is 10.6 Å². The summed E-state index contributed by atoms with van der Waals surface area (Å²) in [5, 5.41) is 8.11. The molecule has 2 rings (SSSR count). The van der Waals surface area contributed by atoms with Crippen LogP contribution >= 0.6 is 11.3 Å². The summed E-state index contributed by atoms with van der Waals surface area (Å²) >= 11 is 1.82. The number of carbonyl (C=O) groups is 1. The van der Waals surface area contributed by atoms with Crippen LogP contribution in [0.5, 0.6) is 0 Å². The van der Waals surface area contributed by atoms with Crippen molar-refractivity contribution in [2.45, 2.75) is 45.7 Å². The molecule has 2 unspecified atom stereocenters. The summed E-state index contributed by atoms with van der Waals surface area (Å²) in [6.07, 6.45) is 3.40. The predicted molar refractivity (Wildman–Crippen MR) is 88.6 cm³/mol. The van der Waals surface area contributed by atoms with Crippen LogP contribution in [0.1, 0.15) is 38.0 Å². The Labute approximate surface area is 131 Å². The molecule has 2 heterocycles. The summed E-state index contributed by atoms with van der Waals surface area (Å²) in [7, 11) is 0. The van der Waals surface area contributed by atoms with Gasteiger partial charge in [0.05, 0.1) is 0 Å². The van der Waals surface area contributed by atoms with E-state index in [-0.39, 0.29) is 12.1 Å². The standard InChI is InChI=1S/C16H27N3OS/c1-3-13(2)18-16(20)17-10-14-6-4-8-19(11-14)12-15-7-5-9-21-15/h5,7,9,13-14H,3-4,6,8,10-12H2,1-2H3,(H2,17,18,20). The third-order valence-electron chi connectivity index (χ3n) is 4.10. The zero-order chi connectivity index (χ0) is 15.1. The number of rotatable bonds is 6. The van der Waals surface area contributed by atoms with Crippen LogP contribution in [0.25, 0.3) is 0 Å². The molecule has 0 spiro atoms. The Hall–Kier alpha value is -1.07. The number of piperidine rings is 1. The molecule has 21 heavy (non-hydrogen) atoms. The van der Waals surface area contributed by atoms with Gasteiger partial charge in [-0.2, -0.15) is 0 Å². The molecule has 1 aliphatic heterocycles. The van der Waals surface area contributed by atoms with E-state index in [4.69, 9.17) is 0 Å². The number of carbonyl (C=O) groups excluding carboxylic acids is 1. The Morgan fingerprint density at radius 2 is 2.43 bits per heavy atom. The van der Waals surface area contributed by atoms with Crippen LogP contribution in [0.15, 0.2) is 17.5 Å². The maximum Gasteiger partial charge on any atom is 0.315 e. The van der Waals surface area contributed by atoms with Gasteiger partial charge in [0.25, 0.3) is 0 Å². The van der Waals surface area contributed by atoms with Crippen molar-refractivity contribution in [3.63, 3.8) is 0 Å². The van der Waals surface area contributed by atoms with Crippen molar-refractivity contribution >= 4 is 17.4 Å². The van der Waals surface area contributed by atoms with Crippen LogP contribution in [-0.4, -0.2) is 36.6 Å². The van der Waals surface area contributed by atoms with Crippen LogP contribution in [0.2, 0.25) is 0 Å². The quantitative estimate of drug-likeness (QED) is 0.848. The molecule has 1 aromatic heterocycles. The van der Waals surface area contributed by atoms with Gasteiger partial charge in [0.15, 0.2) is 0 Å². The van der Waals surface area contributed by atoms with E-state index in [1.165, 1.54) is 24.3 Å². The van der Waals surface area contributed by atoms with Gasteiger partial charge in [0.1, 0.15) is 0 Å². The third kappa shape index (κ3) is 5.67. The molecule has 1 saturated heterocycles. The lowest BCUT2D eigenvalue weighted by atomic mass is 9.98. The lowest BCUT2D eigenvalue weighted by molar-refractivity contribution is 0.166. The lowest BCUT2D eigenvalue weighted by Gasteiger charge is -2.32. The van der Waals surface area contributed by atoms with Crippen molar-refractivity contribution in [3.05, 3.63) is 22.4 Å². The second-order valence-corrected chi connectivity index (χ2v) is 7.02. The monoisotopic (exact) mass is 309 g/mol. The van der Waals surface area contributed by atoms with Crippen molar-refractivity contribution in [1.29, 1.82) is 0 Å². The highest BCUT2D eigenvalue weighted by Gasteiger charge is 2.20. The van der Waals surface area contributed by atoms with E-state index in [9.17, 15) is 4.79 Å². The number of likely N-dealkylation sites (tertiary alicyclic amines) is 1. The molecule has 2 atom stereocenters. The van der Waals surface area contributed by atoms with Crippen LogP contribution in [-0.2, 0) is 6.54 Å². The van der Waals surface area contributed by atoms with E-state index >= 15 is 0 Å². The average Bonchev–Trinajstić information content (AvgIpc) is 2.98. The van der Waals surface area contributed by atoms with E-state index in [1.54, 1.807) is 0 Å². The van der Waals surface area contributed by atoms with Gasteiger partial charge in [-0.1, -0.05) is 13.0 Å². The first kappa shape index (κ1) is 16.3. The molecular weight excluding hydrogens is 282 g/mol. The van der Waals surface area contributed by atoms with Crippen LogP contribution in [0.4, 0.5) is 4.79 Å². The molecular formula is C16H27N3OS. The summed E-state index contributed by atoms with van der Waals surface area (Å²) in [6, 6.07) is 4.53. The number of hydrogen-bond acceptors (Lipinski definition) is 3. The van der Waals surface area contributed by atoms with Crippen molar-refractivity contribution in [3.8, 4) is 0 Å². The van der Waals surface area contributed by atoms with Crippen LogP contribution in [0, 0.1) is 5.92 Å². The molecule has 0 aromatic carbocycles. The maximum absolute atomic E-state index is 11.8. The molecule has 0 bridgehead atoms. The Morgan fingerprint density at radius 1 is 1.57 bits per heavy atom. The molecule has 1 fully saturated rings. The number of urea groups is 1. The minimum Gasteiger partial charge on any atom is -0.338 e. The topological polar surface area (TPSA) is 44.4 Å². The van der Waals surface area contributed by atoms with Crippen LogP contribution < -0.4 is 10.6 Å². The Bertz CT molecular complexity index is 421. The highest BCUT2D eigenvalue weighted by atomic mass is 32.1. The van der Waals surface area contributed by atoms with Crippen molar-refractivity contribution in [2.75, 3.05) is 19.6 Å². The second-order valence-electron chi connectivity index (χ2n) is 5.99. The SMILES string of the molecule is CCC(C)NC(=O)NCC1CCCN(Cc2cccs2)C1. The molecule has 0 aliphatic carbocycles.